The molecule has 2 rings (SSSR count). The number of nitrogens with two attached hydrogens (primary N) is 1. The van der Waals surface area contributed by atoms with E-state index in [9.17, 15) is 0 Å². The van der Waals surface area contributed by atoms with Crippen LogP contribution in [-0.4, -0.2) is 12.7 Å². The van der Waals surface area contributed by atoms with Gasteiger partial charge in [0.15, 0.2) is 0 Å². The fraction of sp³-hybridized carbons (Fsp3) is 0.714. The van der Waals surface area contributed by atoms with Gasteiger partial charge in [0.2, 0.25) is 0 Å². The van der Waals surface area contributed by atoms with Crippen molar-refractivity contribution in [2.24, 2.45) is 5.73 Å². The summed E-state index contributed by atoms with van der Waals surface area (Å²) in [6, 6.07) is 2.14. The number of hydrogen-bond donors (Lipinski definition) is 1. The molecule has 17 heavy (non-hydrogen) atoms. The summed E-state index contributed by atoms with van der Waals surface area (Å²) >= 11 is 0. The number of rotatable bonds is 4. The van der Waals surface area contributed by atoms with E-state index in [1.54, 1.807) is 0 Å². The van der Waals surface area contributed by atoms with Crippen LogP contribution < -0.4 is 5.73 Å². The molecule has 1 aromatic rings. The Kier molecular flexibility index (Phi) is 4.24. The second-order valence-corrected chi connectivity index (χ2v) is 5.04. The molecule has 0 saturated carbocycles. The van der Waals surface area contributed by atoms with Crippen LogP contribution in [0, 0.1) is 13.8 Å². The molecule has 1 aromatic heterocycles. The van der Waals surface area contributed by atoms with Gasteiger partial charge in [0.1, 0.15) is 11.5 Å². The van der Waals surface area contributed by atoms with Gasteiger partial charge >= 0.3 is 0 Å². The van der Waals surface area contributed by atoms with Crippen LogP contribution in [0.3, 0.4) is 0 Å². The fourth-order valence-electron chi connectivity index (χ4n) is 2.57. The summed E-state index contributed by atoms with van der Waals surface area (Å²) in [6.45, 7) is 4.87. The predicted octanol–water partition coefficient (Wildman–Crippen LogP) is 3.25. The van der Waals surface area contributed by atoms with E-state index in [2.05, 4.69) is 6.07 Å². The summed E-state index contributed by atoms with van der Waals surface area (Å²) in [4.78, 5) is 0. The minimum atomic E-state index is 0.0815. The van der Waals surface area contributed by atoms with Crippen molar-refractivity contribution in [2.45, 2.75) is 58.1 Å². The van der Waals surface area contributed by atoms with Gasteiger partial charge in [-0.3, -0.25) is 0 Å². The molecule has 1 aliphatic heterocycles. The lowest BCUT2D eigenvalue weighted by atomic mass is 9.98. The van der Waals surface area contributed by atoms with E-state index >= 15 is 0 Å². The van der Waals surface area contributed by atoms with Crippen LogP contribution in [0.1, 0.15) is 55.2 Å². The monoisotopic (exact) mass is 237 g/mol. The molecule has 2 unspecified atom stereocenters. The van der Waals surface area contributed by atoms with Crippen molar-refractivity contribution in [2.75, 3.05) is 6.61 Å². The Hall–Kier alpha value is -0.800. The maximum absolute atomic E-state index is 6.21. The minimum Gasteiger partial charge on any atom is -0.466 e. The van der Waals surface area contributed by atoms with E-state index in [-0.39, 0.29) is 6.04 Å². The van der Waals surface area contributed by atoms with Crippen molar-refractivity contribution in [3.8, 4) is 0 Å². The van der Waals surface area contributed by atoms with Crippen LogP contribution in [0.5, 0.6) is 0 Å². The zero-order chi connectivity index (χ0) is 12.3. The summed E-state index contributed by atoms with van der Waals surface area (Å²) in [6.07, 6.45) is 6.15. The first-order valence-electron chi connectivity index (χ1n) is 6.61. The van der Waals surface area contributed by atoms with E-state index in [4.69, 9.17) is 14.9 Å². The lowest BCUT2D eigenvalue weighted by molar-refractivity contribution is 0.00910. The summed E-state index contributed by atoms with van der Waals surface area (Å²) in [7, 11) is 0. The zero-order valence-electron chi connectivity index (χ0n) is 10.9. The minimum absolute atomic E-state index is 0.0815. The molecule has 0 amide bonds. The quantitative estimate of drug-likeness (QED) is 0.874. The van der Waals surface area contributed by atoms with Crippen LogP contribution in [0.2, 0.25) is 0 Å². The second kappa shape index (κ2) is 5.69. The molecule has 96 valence electrons. The van der Waals surface area contributed by atoms with Crippen LogP contribution in [0.15, 0.2) is 10.5 Å². The maximum Gasteiger partial charge on any atom is 0.105 e. The molecule has 2 heterocycles. The normalized spacial score (nSPS) is 22.6. The van der Waals surface area contributed by atoms with E-state index in [1.165, 1.54) is 19.3 Å². The lowest BCUT2D eigenvalue weighted by Crippen LogP contribution is -2.21. The third-order valence-electron chi connectivity index (χ3n) is 3.55. The van der Waals surface area contributed by atoms with Gasteiger partial charge in [0.05, 0.1) is 6.10 Å². The molecule has 0 spiro atoms. The standard InChI is InChI=1S/C14H23NO2/c1-10-9-13(11(2)17-10)14(15)7-6-12-5-3-4-8-16-12/h9,12,14H,3-8,15H2,1-2H3. The van der Waals surface area contributed by atoms with Gasteiger partial charge in [-0.15, -0.1) is 0 Å². The van der Waals surface area contributed by atoms with Gasteiger partial charge in [-0.25, -0.2) is 0 Å². The summed E-state index contributed by atoms with van der Waals surface area (Å²) in [5.41, 5.74) is 7.36. The predicted molar refractivity (Wildman–Crippen MR) is 67.9 cm³/mol. The van der Waals surface area contributed by atoms with Crippen molar-refractivity contribution < 1.29 is 9.15 Å². The Morgan fingerprint density at radius 3 is 2.82 bits per heavy atom. The highest BCUT2D eigenvalue weighted by Gasteiger charge is 2.18. The van der Waals surface area contributed by atoms with Gasteiger partial charge < -0.3 is 14.9 Å². The van der Waals surface area contributed by atoms with Crippen molar-refractivity contribution in [3.05, 3.63) is 23.2 Å². The van der Waals surface area contributed by atoms with E-state index in [0.717, 1.165) is 36.5 Å². The first kappa shape index (κ1) is 12.7. The number of ether oxygens (including phenoxy) is 1. The van der Waals surface area contributed by atoms with E-state index < -0.39 is 0 Å². The third-order valence-corrected chi connectivity index (χ3v) is 3.55. The molecule has 1 fully saturated rings. The Morgan fingerprint density at radius 1 is 1.41 bits per heavy atom. The molecule has 3 nitrogen and oxygen atoms in total. The summed E-state index contributed by atoms with van der Waals surface area (Å²) in [5.74, 6) is 1.90. The van der Waals surface area contributed by atoms with Gasteiger partial charge in [-0.2, -0.15) is 0 Å². The highest BCUT2D eigenvalue weighted by molar-refractivity contribution is 5.23. The third kappa shape index (κ3) is 3.33. The highest BCUT2D eigenvalue weighted by Crippen LogP contribution is 2.26. The van der Waals surface area contributed by atoms with E-state index in [1.807, 2.05) is 13.8 Å². The van der Waals surface area contributed by atoms with Crippen LogP contribution in [0.25, 0.3) is 0 Å². The number of hydrogen-bond acceptors (Lipinski definition) is 3. The molecule has 0 radical (unpaired) electrons. The zero-order valence-corrected chi connectivity index (χ0v) is 10.9. The van der Waals surface area contributed by atoms with Gasteiger partial charge in [0.25, 0.3) is 0 Å². The number of furan rings is 1. The molecule has 0 aliphatic carbocycles. The van der Waals surface area contributed by atoms with Gasteiger partial charge in [0, 0.05) is 18.2 Å². The molecule has 1 saturated heterocycles. The van der Waals surface area contributed by atoms with Crippen molar-refractivity contribution in [1.82, 2.24) is 0 Å². The highest BCUT2D eigenvalue weighted by atomic mass is 16.5. The average molecular weight is 237 g/mol. The molecule has 1 aliphatic rings. The second-order valence-electron chi connectivity index (χ2n) is 5.04. The molecular weight excluding hydrogens is 214 g/mol. The Bertz CT molecular complexity index is 353. The lowest BCUT2D eigenvalue weighted by Gasteiger charge is -2.23. The van der Waals surface area contributed by atoms with Crippen molar-refractivity contribution >= 4 is 0 Å². The maximum atomic E-state index is 6.21. The topological polar surface area (TPSA) is 48.4 Å². The van der Waals surface area contributed by atoms with Crippen LogP contribution in [0.4, 0.5) is 0 Å². The average Bonchev–Trinajstić information content (AvgIpc) is 2.67. The van der Waals surface area contributed by atoms with Gasteiger partial charge in [-0.1, -0.05) is 0 Å². The molecular formula is C14H23NO2. The first-order chi connectivity index (χ1) is 8.16. The van der Waals surface area contributed by atoms with Crippen molar-refractivity contribution in [3.63, 3.8) is 0 Å². The van der Waals surface area contributed by atoms with Gasteiger partial charge in [-0.05, 0) is 52.0 Å². The molecule has 0 bridgehead atoms. The Labute approximate surface area is 103 Å². The fourth-order valence-corrected chi connectivity index (χ4v) is 2.57. The van der Waals surface area contributed by atoms with E-state index in [0.29, 0.717) is 6.10 Å². The van der Waals surface area contributed by atoms with Crippen LogP contribution >= 0.6 is 0 Å². The molecule has 2 atom stereocenters. The first-order valence-corrected chi connectivity index (χ1v) is 6.61. The van der Waals surface area contributed by atoms with Crippen molar-refractivity contribution in [1.29, 1.82) is 0 Å². The van der Waals surface area contributed by atoms with Crippen LogP contribution in [-0.2, 0) is 4.74 Å². The largest absolute Gasteiger partial charge is 0.466 e. The molecule has 3 heteroatoms. The number of aryl methyl sites for hydroxylation is 2. The summed E-state index contributed by atoms with van der Waals surface area (Å²) < 4.78 is 11.2. The summed E-state index contributed by atoms with van der Waals surface area (Å²) in [5, 5.41) is 0. The molecule has 0 aromatic carbocycles. The smallest absolute Gasteiger partial charge is 0.105 e. The molecule has 2 N–H and O–H groups in total. The SMILES string of the molecule is Cc1cc(C(N)CCC2CCCCO2)c(C)o1. The Balaban J connectivity index is 1.84. The Morgan fingerprint density at radius 2 is 2.24 bits per heavy atom.